The van der Waals surface area contributed by atoms with Crippen LogP contribution in [-0.2, 0) is 11.8 Å². The Labute approximate surface area is 121 Å². The van der Waals surface area contributed by atoms with Crippen molar-refractivity contribution in [2.75, 3.05) is 13.1 Å². The summed E-state index contributed by atoms with van der Waals surface area (Å²) in [7, 11) is 0. The van der Waals surface area contributed by atoms with Crippen LogP contribution in [0.25, 0.3) is 0 Å². The largest absolute Gasteiger partial charge is 0.315 e. The predicted octanol–water partition coefficient (Wildman–Crippen LogP) is 3.70. The van der Waals surface area contributed by atoms with Crippen molar-refractivity contribution in [2.24, 2.45) is 0 Å². The van der Waals surface area contributed by atoms with Gasteiger partial charge < -0.3 is 5.32 Å². The van der Waals surface area contributed by atoms with Crippen molar-refractivity contribution in [3.05, 3.63) is 70.2 Å². The van der Waals surface area contributed by atoms with Gasteiger partial charge in [-0.15, -0.1) is 0 Å². The van der Waals surface area contributed by atoms with Gasteiger partial charge in [0.2, 0.25) is 0 Å². The first-order chi connectivity index (χ1) is 9.61. The van der Waals surface area contributed by atoms with Crippen LogP contribution in [0.5, 0.6) is 0 Å². The van der Waals surface area contributed by atoms with E-state index in [1.807, 2.05) is 6.07 Å². The summed E-state index contributed by atoms with van der Waals surface area (Å²) in [6, 6.07) is 11.4. The fraction of sp³-hybridized carbons (Fsp3) is 0.250. The van der Waals surface area contributed by atoms with Crippen molar-refractivity contribution in [1.82, 2.24) is 5.32 Å². The van der Waals surface area contributed by atoms with Crippen LogP contribution in [0.3, 0.4) is 0 Å². The topological polar surface area (TPSA) is 12.0 Å². The van der Waals surface area contributed by atoms with Gasteiger partial charge in [0.05, 0.1) is 0 Å². The molecular weight excluding hydrogens is 280 g/mol. The Morgan fingerprint density at radius 1 is 1.05 bits per heavy atom. The molecule has 2 aromatic carbocycles. The standard InChI is InChI=1S/C16H14ClF2N/c17-12-6-5-11(15(19)7-12)8-16(9-20-10-16)13-3-1-2-4-14(13)18/h1-7,20H,8-10H2. The Balaban J connectivity index is 1.96. The number of benzene rings is 2. The van der Waals surface area contributed by atoms with E-state index in [1.165, 1.54) is 12.1 Å². The van der Waals surface area contributed by atoms with Gasteiger partial charge in [-0.05, 0) is 35.7 Å². The summed E-state index contributed by atoms with van der Waals surface area (Å²) in [4.78, 5) is 0. The van der Waals surface area contributed by atoms with Gasteiger partial charge in [0.15, 0.2) is 0 Å². The van der Waals surface area contributed by atoms with E-state index in [4.69, 9.17) is 11.6 Å². The van der Waals surface area contributed by atoms with E-state index in [2.05, 4.69) is 5.32 Å². The van der Waals surface area contributed by atoms with Crippen molar-refractivity contribution in [3.8, 4) is 0 Å². The zero-order valence-corrected chi connectivity index (χ0v) is 11.6. The molecule has 1 saturated heterocycles. The maximum atomic E-state index is 14.0. The van der Waals surface area contributed by atoms with E-state index >= 15 is 0 Å². The Morgan fingerprint density at radius 3 is 2.40 bits per heavy atom. The second-order valence-electron chi connectivity index (χ2n) is 5.28. The van der Waals surface area contributed by atoms with Crippen LogP contribution in [-0.4, -0.2) is 13.1 Å². The van der Waals surface area contributed by atoms with E-state index in [-0.39, 0.29) is 17.0 Å². The quantitative estimate of drug-likeness (QED) is 0.910. The normalized spacial score (nSPS) is 16.8. The average molecular weight is 294 g/mol. The lowest BCUT2D eigenvalue weighted by Crippen LogP contribution is -2.58. The Hall–Kier alpha value is -1.45. The van der Waals surface area contributed by atoms with Crippen LogP contribution in [0.15, 0.2) is 42.5 Å². The molecule has 1 N–H and O–H groups in total. The van der Waals surface area contributed by atoms with Crippen LogP contribution in [0.2, 0.25) is 5.02 Å². The van der Waals surface area contributed by atoms with Gasteiger partial charge in [-0.2, -0.15) is 0 Å². The summed E-state index contributed by atoms with van der Waals surface area (Å²) >= 11 is 5.77. The minimum absolute atomic E-state index is 0.233. The third-order valence-corrected chi connectivity index (χ3v) is 4.15. The van der Waals surface area contributed by atoms with Gasteiger partial charge in [-0.1, -0.05) is 35.9 Å². The Bertz CT molecular complexity index is 638. The summed E-state index contributed by atoms with van der Waals surface area (Å²) in [5, 5.41) is 3.54. The summed E-state index contributed by atoms with van der Waals surface area (Å²) in [6.07, 6.45) is 0.462. The fourth-order valence-electron chi connectivity index (χ4n) is 2.76. The SMILES string of the molecule is Fc1cc(Cl)ccc1CC1(c2ccccc2F)CNC1. The van der Waals surface area contributed by atoms with Crippen LogP contribution >= 0.6 is 11.6 Å². The molecule has 0 amide bonds. The molecule has 0 saturated carbocycles. The van der Waals surface area contributed by atoms with Crippen molar-refractivity contribution in [1.29, 1.82) is 0 Å². The van der Waals surface area contributed by atoms with Crippen molar-refractivity contribution in [2.45, 2.75) is 11.8 Å². The molecule has 1 aliphatic heterocycles. The maximum absolute atomic E-state index is 14.0. The molecule has 0 aromatic heterocycles. The molecule has 0 bridgehead atoms. The van der Waals surface area contributed by atoms with Crippen molar-refractivity contribution >= 4 is 11.6 Å². The molecule has 1 fully saturated rings. The molecule has 0 spiro atoms. The van der Waals surface area contributed by atoms with Crippen LogP contribution in [0, 0.1) is 11.6 Å². The number of rotatable bonds is 3. The molecule has 3 rings (SSSR count). The molecule has 0 aliphatic carbocycles. The zero-order valence-electron chi connectivity index (χ0n) is 10.8. The highest BCUT2D eigenvalue weighted by Gasteiger charge is 2.41. The number of nitrogens with one attached hydrogen (secondary N) is 1. The molecule has 0 atom stereocenters. The van der Waals surface area contributed by atoms with E-state index in [0.29, 0.717) is 35.7 Å². The first kappa shape index (κ1) is 13.5. The van der Waals surface area contributed by atoms with Gasteiger partial charge in [0, 0.05) is 23.5 Å². The monoisotopic (exact) mass is 293 g/mol. The van der Waals surface area contributed by atoms with Gasteiger partial charge >= 0.3 is 0 Å². The minimum atomic E-state index is -0.375. The maximum Gasteiger partial charge on any atom is 0.127 e. The van der Waals surface area contributed by atoms with Crippen molar-refractivity contribution < 1.29 is 8.78 Å². The van der Waals surface area contributed by atoms with Gasteiger partial charge in [0.25, 0.3) is 0 Å². The predicted molar refractivity (Wildman–Crippen MR) is 76.1 cm³/mol. The molecule has 1 nitrogen and oxygen atoms in total. The molecule has 20 heavy (non-hydrogen) atoms. The van der Waals surface area contributed by atoms with Gasteiger partial charge in [-0.25, -0.2) is 8.78 Å². The summed E-state index contributed by atoms with van der Waals surface area (Å²) in [6.45, 7) is 1.30. The molecule has 104 valence electrons. The van der Waals surface area contributed by atoms with E-state index in [0.717, 1.165) is 0 Å². The second kappa shape index (κ2) is 5.15. The lowest BCUT2D eigenvalue weighted by atomic mass is 9.70. The lowest BCUT2D eigenvalue weighted by Gasteiger charge is -2.43. The molecule has 1 aliphatic rings. The highest BCUT2D eigenvalue weighted by atomic mass is 35.5. The van der Waals surface area contributed by atoms with Gasteiger partial charge in [-0.3, -0.25) is 0 Å². The van der Waals surface area contributed by atoms with E-state index in [9.17, 15) is 8.78 Å². The number of halogens is 3. The Morgan fingerprint density at radius 2 is 1.80 bits per heavy atom. The third-order valence-electron chi connectivity index (χ3n) is 3.92. The molecule has 0 radical (unpaired) electrons. The minimum Gasteiger partial charge on any atom is -0.315 e. The van der Waals surface area contributed by atoms with Crippen LogP contribution in [0.4, 0.5) is 8.78 Å². The first-order valence-electron chi connectivity index (χ1n) is 6.50. The number of hydrogen-bond donors (Lipinski definition) is 1. The van der Waals surface area contributed by atoms with Crippen LogP contribution < -0.4 is 5.32 Å². The van der Waals surface area contributed by atoms with Crippen molar-refractivity contribution in [3.63, 3.8) is 0 Å². The van der Waals surface area contributed by atoms with E-state index in [1.54, 1.807) is 24.3 Å². The summed E-state index contributed by atoms with van der Waals surface area (Å²) in [5.74, 6) is -0.566. The highest BCUT2D eigenvalue weighted by molar-refractivity contribution is 6.30. The summed E-state index contributed by atoms with van der Waals surface area (Å²) in [5.41, 5.74) is 0.840. The Kier molecular flexibility index (Phi) is 3.48. The van der Waals surface area contributed by atoms with Crippen LogP contribution in [0.1, 0.15) is 11.1 Å². The molecular formula is C16H14ClF2N. The summed E-state index contributed by atoms with van der Waals surface area (Å²) < 4.78 is 28.0. The second-order valence-corrected chi connectivity index (χ2v) is 5.71. The fourth-order valence-corrected chi connectivity index (χ4v) is 2.92. The number of hydrogen-bond acceptors (Lipinski definition) is 1. The highest BCUT2D eigenvalue weighted by Crippen LogP contribution is 2.35. The molecule has 2 aromatic rings. The average Bonchev–Trinajstić information content (AvgIpc) is 2.37. The molecule has 0 unspecified atom stereocenters. The smallest absolute Gasteiger partial charge is 0.127 e. The zero-order chi connectivity index (χ0) is 14.2. The van der Waals surface area contributed by atoms with Gasteiger partial charge in [0.1, 0.15) is 11.6 Å². The molecule has 4 heteroatoms. The third kappa shape index (κ3) is 2.32. The molecule has 1 heterocycles. The lowest BCUT2D eigenvalue weighted by molar-refractivity contribution is 0.263. The van der Waals surface area contributed by atoms with E-state index < -0.39 is 0 Å². The first-order valence-corrected chi connectivity index (χ1v) is 6.88.